The molecule has 0 unspecified atom stereocenters. The minimum absolute atomic E-state index is 0.109. The molecule has 0 bridgehead atoms. The van der Waals surface area contributed by atoms with Crippen LogP contribution in [0.25, 0.3) is 11.3 Å². The van der Waals surface area contributed by atoms with Crippen LogP contribution in [0.4, 0.5) is 4.39 Å². The number of carbonyl (C=O) groups excluding carboxylic acids is 1. The lowest BCUT2D eigenvalue weighted by Crippen LogP contribution is -2.24. The molecule has 4 rings (SSSR count). The van der Waals surface area contributed by atoms with Crippen molar-refractivity contribution in [2.75, 3.05) is 0 Å². The number of aromatic nitrogens is 4. The quantitative estimate of drug-likeness (QED) is 0.445. The second-order valence-corrected chi connectivity index (χ2v) is 8.25. The summed E-state index contributed by atoms with van der Waals surface area (Å²) >= 11 is 1.13. The number of carbonyl (C=O) groups is 2. The monoisotopic (exact) mass is 451 g/mol. The molecule has 3 heterocycles. The summed E-state index contributed by atoms with van der Waals surface area (Å²) in [6, 6.07) is 11.3. The first-order chi connectivity index (χ1) is 15.4. The van der Waals surface area contributed by atoms with Gasteiger partial charge in [-0.15, -0.1) is 16.4 Å². The fraction of sp³-hybridized carbons (Fsp3) is 0.136. The van der Waals surface area contributed by atoms with Crippen LogP contribution >= 0.6 is 11.3 Å². The number of aromatic carboxylic acids is 1. The standard InChI is InChI=1S/C22H18FN5O3S/c1-13-15(9-20(32-13)22(30)31)10-25-21(29)17-6-5-14(8-18(17)23)19-12-28(27-26-19)11-16-4-2-3-7-24-16/h2-9,12H,10-11H2,1H3,(H,25,29)(H,30,31). The fourth-order valence-corrected chi connectivity index (χ4v) is 3.98. The Labute approximate surface area is 186 Å². The Balaban J connectivity index is 1.44. The van der Waals surface area contributed by atoms with Crippen molar-refractivity contribution < 1.29 is 19.1 Å². The van der Waals surface area contributed by atoms with Crippen LogP contribution in [0.3, 0.4) is 0 Å². The number of nitrogens with zero attached hydrogens (tertiary/aromatic N) is 4. The normalized spacial score (nSPS) is 10.8. The van der Waals surface area contributed by atoms with Gasteiger partial charge in [0.2, 0.25) is 0 Å². The van der Waals surface area contributed by atoms with E-state index in [1.807, 2.05) is 18.2 Å². The molecule has 1 aromatic carbocycles. The van der Waals surface area contributed by atoms with E-state index >= 15 is 0 Å². The number of thiophene rings is 1. The van der Waals surface area contributed by atoms with Gasteiger partial charge in [0, 0.05) is 23.2 Å². The van der Waals surface area contributed by atoms with Crippen molar-refractivity contribution in [1.29, 1.82) is 0 Å². The summed E-state index contributed by atoms with van der Waals surface area (Å²) in [6.07, 6.45) is 3.37. The highest BCUT2D eigenvalue weighted by Crippen LogP contribution is 2.23. The number of carboxylic acid groups (broad SMARTS) is 1. The Hall–Kier alpha value is -3.92. The predicted molar refractivity (Wildman–Crippen MR) is 116 cm³/mol. The lowest BCUT2D eigenvalue weighted by atomic mass is 10.1. The van der Waals surface area contributed by atoms with Crippen LogP contribution in [-0.2, 0) is 13.1 Å². The van der Waals surface area contributed by atoms with Gasteiger partial charge in [0.15, 0.2) is 0 Å². The van der Waals surface area contributed by atoms with E-state index in [2.05, 4.69) is 20.6 Å². The first-order valence-corrected chi connectivity index (χ1v) is 10.4. The minimum Gasteiger partial charge on any atom is -0.477 e. The summed E-state index contributed by atoms with van der Waals surface area (Å²) in [7, 11) is 0. The van der Waals surface area contributed by atoms with Gasteiger partial charge >= 0.3 is 5.97 Å². The van der Waals surface area contributed by atoms with E-state index in [1.165, 1.54) is 18.2 Å². The van der Waals surface area contributed by atoms with Gasteiger partial charge in [0.1, 0.15) is 16.4 Å². The van der Waals surface area contributed by atoms with Crippen LogP contribution in [-0.4, -0.2) is 37.0 Å². The molecule has 4 aromatic rings. The molecule has 0 spiro atoms. The van der Waals surface area contributed by atoms with Crippen molar-refractivity contribution in [2.45, 2.75) is 20.0 Å². The molecule has 2 N–H and O–H groups in total. The number of amides is 1. The van der Waals surface area contributed by atoms with Gasteiger partial charge in [-0.25, -0.2) is 13.9 Å². The van der Waals surface area contributed by atoms with E-state index in [4.69, 9.17) is 5.11 Å². The van der Waals surface area contributed by atoms with E-state index in [0.29, 0.717) is 23.4 Å². The number of rotatable bonds is 7. The number of hydrogen-bond donors (Lipinski definition) is 2. The molecule has 0 saturated carbocycles. The molecule has 3 aromatic heterocycles. The molecule has 0 aliphatic carbocycles. The molecule has 0 saturated heterocycles. The maximum Gasteiger partial charge on any atom is 0.345 e. The molecular formula is C22H18FN5O3S. The Morgan fingerprint density at radius 2 is 2.06 bits per heavy atom. The zero-order valence-corrected chi connectivity index (χ0v) is 17.8. The maximum absolute atomic E-state index is 14.7. The summed E-state index contributed by atoms with van der Waals surface area (Å²) in [5, 5.41) is 19.8. The summed E-state index contributed by atoms with van der Waals surface area (Å²) in [5.41, 5.74) is 2.36. The first-order valence-electron chi connectivity index (χ1n) is 9.61. The topological polar surface area (TPSA) is 110 Å². The van der Waals surface area contributed by atoms with Crippen LogP contribution in [0, 0.1) is 12.7 Å². The van der Waals surface area contributed by atoms with Crippen LogP contribution in [0.2, 0.25) is 0 Å². The van der Waals surface area contributed by atoms with Gasteiger partial charge < -0.3 is 10.4 Å². The molecular weight excluding hydrogens is 433 g/mol. The number of nitrogens with one attached hydrogen (secondary N) is 1. The van der Waals surface area contributed by atoms with E-state index in [9.17, 15) is 14.0 Å². The lowest BCUT2D eigenvalue weighted by molar-refractivity contribution is 0.0702. The van der Waals surface area contributed by atoms with Crippen LogP contribution < -0.4 is 5.32 Å². The van der Waals surface area contributed by atoms with Crippen LogP contribution in [0.1, 0.15) is 36.2 Å². The molecule has 0 aliphatic heterocycles. The maximum atomic E-state index is 14.7. The van der Waals surface area contributed by atoms with Crippen molar-refractivity contribution in [2.24, 2.45) is 0 Å². The van der Waals surface area contributed by atoms with E-state index in [-0.39, 0.29) is 17.0 Å². The molecule has 10 heteroatoms. The van der Waals surface area contributed by atoms with Crippen molar-refractivity contribution in [3.8, 4) is 11.3 Å². The number of halogens is 1. The number of hydrogen-bond acceptors (Lipinski definition) is 6. The third kappa shape index (κ3) is 4.70. The Kier molecular flexibility index (Phi) is 6.04. The zero-order chi connectivity index (χ0) is 22.7. The minimum atomic E-state index is -1.02. The highest BCUT2D eigenvalue weighted by atomic mass is 32.1. The van der Waals surface area contributed by atoms with Crippen molar-refractivity contribution in [3.63, 3.8) is 0 Å². The highest BCUT2D eigenvalue weighted by molar-refractivity contribution is 7.14. The summed E-state index contributed by atoms with van der Waals surface area (Å²) in [5.74, 6) is -2.29. The zero-order valence-electron chi connectivity index (χ0n) is 16.9. The van der Waals surface area contributed by atoms with Gasteiger partial charge in [-0.3, -0.25) is 9.78 Å². The average molecular weight is 451 g/mol. The smallest absolute Gasteiger partial charge is 0.345 e. The summed E-state index contributed by atoms with van der Waals surface area (Å²) in [6.45, 7) is 2.31. The third-order valence-corrected chi connectivity index (χ3v) is 5.85. The van der Waals surface area contributed by atoms with Gasteiger partial charge in [-0.2, -0.15) is 0 Å². The van der Waals surface area contributed by atoms with Crippen molar-refractivity contribution in [3.05, 3.63) is 87.3 Å². The number of carboxylic acids is 1. The third-order valence-electron chi connectivity index (χ3n) is 4.77. The van der Waals surface area contributed by atoms with E-state index in [1.54, 1.807) is 30.1 Å². The largest absolute Gasteiger partial charge is 0.477 e. The van der Waals surface area contributed by atoms with E-state index in [0.717, 1.165) is 21.9 Å². The van der Waals surface area contributed by atoms with Gasteiger partial charge in [-0.1, -0.05) is 17.3 Å². The van der Waals surface area contributed by atoms with Crippen molar-refractivity contribution >= 4 is 23.2 Å². The second kappa shape index (κ2) is 9.06. The van der Waals surface area contributed by atoms with Crippen LogP contribution in [0.15, 0.2) is 54.9 Å². The molecule has 32 heavy (non-hydrogen) atoms. The Morgan fingerprint density at radius 1 is 1.22 bits per heavy atom. The summed E-state index contributed by atoms with van der Waals surface area (Å²) < 4.78 is 16.3. The molecule has 8 nitrogen and oxygen atoms in total. The SMILES string of the molecule is Cc1sc(C(=O)O)cc1CNC(=O)c1ccc(-c2cn(Cc3ccccn3)nn2)cc1F. The average Bonchev–Trinajstić information content (AvgIpc) is 3.39. The number of pyridine rings is 1. The first kappa shape index (κ1) is 21.3. The molecule has 0 fully saturated rings. The fourth-order valence-electron chi connectivity index (χ4n) is 3.10. The number of aryl methyl sites for hydroxylation is 1. The molecule has 0 aliphatic rings. The molecule has 0 radical (unpaired) electrons. The van der Waals surface area contributed by atoms with Crippen molar-refractivity contribution in [1.82, 2.24) is 25.3 Å². The van der Waals surface area contributed by atoms with Gasteiger partial charge in [-0.05, 0) is 42.8 Å². The summed E-state index contributed by atoms with van der Waals surface area (Å²) in [4.78, 5) is 28.7. The van der Waals surface area contributed by atoms with Crippen LogP contribution in [0.5, 0.6) is 0 Å². The molecule has 162 valence electrons. The highest BCUT2D eigenvalue weighted by Gasteiger charge is 2.16. The lowest BCUT2D eigenvalue weighted by Gasteiger charge is -2.07. The van der Waals surface area contributed by atoms with Gasteiger partial charge in [0.05, 0.1) is 24.0 Å². The van der Waals surface area contributed by atoms with E-state index < -0.39 is 17.7 Å². The van der Waals surface area contributed by atoms with Gasteiger partial charge in [0.25, 0.3) is 5.91 Å². The second-order valence-electron chi connectivity index (χ2n) is 7.00. The molecule has 0 atom stereocenters. The predicted octanol–water partition coefficient (Wildman–Crippen LogP) is 3.53. The number of benzene rings is 1. The molecule has 1 amide bonds. The Bertz CT molecular complexity index is 1290. The Morgan fingerprint density at radius 3 is 2.75 bits per heavy atom.